The summed E-state index contributed by atoms with van der Waals surface area (Å²) < 4.78 is 27.6. The molecule has 144 valence electrons. The third-order valence-electron chi connectivity index (χ3n) is 4.03. The second kappa shape index (κ2) is 7.89. The topological polar surface area (TPSA) is 113 Å². The molecule has 2 aromatic carbocycles. The van der Waals surface area contributed by atoms with E-state index in [0.717, 1.165) is 5.56 Å². The number of amides is 1. The third kappa shape index (κ3) is 5.15. The van der Waals surface area contributed by atoms with E-state index in [1.165, 1.54) is 32.0 Å². The summed E-state index contributed by atoms with van der Waals surface area (Å²) in [6.45, 7) is 4.47. The minimum absolute atomic E-state index is 0.0673. The Labute approximate surface area is 158 Å². The number of aryl methyl sites for hydroxylation is 1. The summed E-state index contributed by atoms with van der Waals surface area (Å²) in [5.41, 5.74) is -0.0405. The van der Waals surface area contributed by atoms with Crippen molar-refractivity contribution >= 4 is 21.9 Å². The van der Waals surface area contributed by atoms with Crippen LogP contribution < -0.4 is 10.0 Å². The average Bonchev–Trinajstić information content (AvgIpc) is 2.60. The molecule has 8 heteroatoms. The van der Waals surface area contributed by atoms with Gasteiger partial charge in [-0.25, -0.2) is 17.9 Å². The highest BCUT2D eigenvalue weighted by Gasteiger charge is 2.30. The fourth-order valence-electron chi connectivity index (χ4n) is 2.28. The lowest BCUT2D eigenvalue weighted by Gasteiger charge is -2.21. The van der Waals surface area contributed by atoms with Gasteiger partial charge in [-0.3, -0.25) is 4.79 Å². The molecule has 0 radical (unpaired) electrons. The lowest BCUT2D eigenvalue weighted by molar-refractivity contribution is -0.143. The number of hydrogen-bond acceptors (Lipinski definition) is 4. The maximum Gasteiger partial charge on any atom is 0.328 e. The van der Waals surface area contributed by atoms with Crippen molar-refractivity contribution in [3.05, 3.63) is 65.2 Å². The standard InChI is InChI=1S/C19H22N2O5S/c1-13-9-10-15(11-16(13)17(22)21-19(2,3)18(23)24)27(25,26)20-12-14-7-5-4-6-8-14/h4-11,20H,12H2,1-3H3,(H,21,22)(H,23,24). The second-order valence-corrected chi connectivity index (χ2v) is 8.44. The van der Waals surface area contributed by atoms with Gasteiger partial charge >= 0.3 is 5.97 Å². The summed E-state index contributed by atoms with van der Waals surface area (Å²) in [5, 5.41) is 11.5. The van der Waals surface area contributed by atoms with Crippen LogP contribution in [0.2, 0.25) is 0 Å². The first-order valence-corrected chi connectivity index (χ1v) is 9.71. The van der Waals surface area contributed by atoms with Crippen LogP contribution in [0.4, 0.5) is 0 Å². The number of carbonyl (C=O) groups is 2. The highest BCUT2D eigenvalue weighted by molar-refractivity contribution is 7.89. The number of benzene rings is 2. The molecule has 0 spiro atoms. The Hall–Kier alpha value is -2.71. The number of carboxylic acid groups (broad SMARTS) is 1. The third-order valence-corrected chi connectivity index (χ3v) is 5.43. The van der Waals surface area contributed by atoms with Crippen LogP contribution in [0.15, 0.2) is 53.4 Å². The molecule has 0 fully saturated rings. The highest BCUT2D eigenvalue weighted by atomic mass is 32.2. The molecule has 0 bridgehead atoms. The molecule has 0 saturated heterocycles. The summed E-state index contributed by atoms with van der Waals surface area (Å²) in [6.07, 6.45) is 0. The molecule has 0 heterocycles. The van der Waals surface area contributed by atoms with E-state index in [0.29, 0.717) is 5.56 Å². The Morgan fingerprint density at radius 2 is 1.70 bits per heavy atom. The van der Waals surface area contributed by atoms with Gasteiger partial charge in [0.25, 0.3) is 5.91 Å². The number of nitrogens with one attached hydrogen (secondary N) is 2. The van der Waals surface area contributed by atoms with Crippen molar-refractivity contribution in [1.29, 1.82) is 0 Å². The Morgan fingerprint density at radius 1 is 1.07 bits per heavy atom. The van der Waals surface area contributed by atoms with Gasteiger partial charge in [-0.15, -0.1) is 0 Å². The molecule has 2 aromatic rings. The Balaban J connectivity index is 2.25. The van der Waals surface area contributed by atoms with Crippen molar-refractivity contribution in [1.82, 2.24) is 10.0 Å². The molecule has 0 atom stereocenters. The van der Waals surface area contributed by atoms with Crippen molar-refractivity contribution in [3.63, 3.8) is 0 Å². The van der Waals surface area contributed by atoms with Gasteiger partial charge in [0.15, 0.2) is 0 Å². The van der Waals surface area contributed by atoms with Gasteiger partial charge in [0.1, 0.15) is 5.54 Å². The largest absolute Gasteiger partial charge is 0.480 e. The summed E-state index contributed by atoms with van der Waals surface area (Å²) >= 11 is 0. The van der Waals surface area contributed by atoms with Crippen LogP contribution in [0.3, 0.4) is 0 Å². The zero-order chi connectivity index (χ0) is 20.2. The summed E-state index contributed by atoms with van der Waals surface area (Å²) in [4.78, 5) is 23.6. The van der Waals surface area contributed by atoms with E-state index < -0.39 is 27.4 Å². The Morgan fingerprint density at radius 3 is 2.30 bits per heavy atom. The lowest BCUT2D eigenvalue weighted by Crippen LogP contribution is -2.49. The molecular formula is C19H22N2O5S. The normalized spacial score (nSPS) is 11.8. The fourth-order valence-corrected chi connectivity index (χ4v) is 3.32. The van der Waals surface area contributed by atoms with E-state index in [-0.39, 0.29) is 17.0 Å². The van der Waals surface area contributed by atoms with Crippen LogP contribution in [0.1, 0.15) is 35.3 Å². The van der Waals surface area contributed by atoms with E-state index in [9.17, 15) is 18.0 Å². The monoisotopic (exact) mass is 390 g/mol. The number of rotatable bonds is 7. The molecule has 2 rings (SSSR count). The Bertz CT molecular complexity index is 953. The highest BCUT2D eigenvalue weighted by Crippen LogP contribution is 2.17. The smallest absolute Gasteiger partial charge is 0.328 e. The first-order chi connectivity index (χ1) is 12.5. The molecule has 0 aliphatic rings. The average molecular weight is 390 g/mol. The van der Waals surface area contributed by atoms with E-state index in [2.05, 4.69) is 10.0 Å². The molecular weight excluding hydrogens is 368 g/mol. The lowest BCUT2D eigenvalue weighted by atomic mass is 10.0. The van der Waals surface area contributed by atoms with Gasteiger partial charge < -0.3 is 10.4 Å². The van der Waals surface area contributed by atoms with Crippen LogP contribution in [-0.2, 0) is 21.4 Å². The predicted molar refractivity (Wildman–Crippen MR) is 101 cm³/mol. The molecule has 3 N–H and O–H groups in total. The van der Waals surface area contributed by atoms with E-state index in [1.807, 2.05) is 18.2 Å². The summed E-state index contributed by atoms with van der Waals surface area (Å²) in [7, 11) is -3.84. The number of sulfonamides is 1. The zero-order valence-electron chi connectivity index (χ0n) is 15.3. The number of hydrogen-bond donors (Lipinski definition) is 3. The van der Waals surface area contributed by atoms with Crippen molar-refractivity contribution < 1.29 is 23.1 Å². The molecule has 0 aliphatic heterocycles. The summed E-state index contributed by atoms with van der Waals surface area (Å²) in [5.74, 6) is -1.85. The summed E-state index contributed by atoms with van der Waals surface area (Å²) in [6, 6.07) is 13.2. The molecule has 27 heavy (non-hydrogen) atoms. The minimum Gasteiger partial charge on any atom is -0.480 e. The fraction of sp³-hybridized carbons (Fsp3) is 0.263. The molecule has 0 saturated carbocycles. The van der Waals surface area contributed by atoms with E-state index in [4.69, 9.17) is 5.11 Å². The van der Waals surface area contributed by atoms with Crippen molar-refractivity contribution in [2.45, 2.75) is 37.8 Å². The van der Waals surface area contributed by atoms with Crippen LogP contribution in [0, 0.1) is 6.92 Å². The van der Waals surface area contributed by atoms with Gasteiger partial charge in [0.2, 0.25) is 10.0 Å². The van der Waals surface area contributed by atoms with Crippen LogP contribution in [0.5, 0.6) is 0 Å². The molecule has 1 amide bonds. The zero-order valence-corrected chi connectivity index (χ0v) is 16.1. The quantitative estimate of drug-likeness (QED) is 0.670. The minimum atomic E-state index is -3.84. The maximum atomic E-state index is 12.5. The predicted octanol–water partition coefficient (Wildman–Crippen LogP) is 2.07. The van der Waals surface area contributed by atoms with Gasteiger partial charge in [-0.05, 0) is 44.0 Å². The van der Waals surface area contributed by atoms with Gasteiger partial charge in [0.05, 0.1) is 4.90 Å². The first-order valence-electron chi connectivity index (χ1n) is 8.23. The van der Waals surface area contributed by atoms with E-state index in [1.54, 1.807) is 19.1 Å². The van der Waals surface area contributed by atoms with Gasteiger partial charge in [-0.2, -0.15) is 0 Å². The van der Waals surface area contributed by atoms with Crippen molar-refractivity contribution in [3.8, 4) is 0 Å². The SMILES string of the molecule is Cc1ccc(S(=O)(=O)NCc2ccccc2)cc1C(=O)NC(C)(C)C(=O)O. The molecule has 0 aromatic heterocycles. The van der Waals surface area contributed by atoms with E-state index >= 15 is 0 Å². The van der Waals surface area contributed by atoms with Gasteiger partial charge in [0, 0.05) is 12.1 Å². The molecule has 0 aliphatic carbocycles. The number of aliphatic carboxylic acids is 1. The Kier molecular flexibility index (Phi) is 6.02. The number of carbonyl (C=O) groups excluding carboxylic acids is 1. The van der Waals surface area contributed by atoms with Crippen LogP contribution >= 0.6 is 0 Å². The maximum absolute atomic E-state index is 12.5. The van der Waals surface area contributed by atoms with Gasteiger partial charge in [-0.1, -0.05) is 36.4 Å². The van der Waals surface area contributed by atoms with Crippen molar-refractivity contribution in [2.75, 3.05) is 0 Å². The van der Waals surface area contributed by atoms with Crippen molar-refractivity contribution in [2.24, 2.45) is 0 Å². The molecule has 7 nitrogen and oxygen atoms in total. The number of carboxylic acids is 1. The van der Waals surface area contributed by atoms with Crippen LogP contribution in [-0.4, -0.2) is 30.9 Å². The van der Waals surface area contributed by atoms with Crippen LogP contribution in [0.25, 0.3) is 0 Å². The second-order valence-electron chi connectivity index (χ2n) is 6.67. The first kappa shape index (κ1) is 20.6. The molecule has 0 unspecified atom stereocenters.